The third kappa shape index (κ3) is 4.11. The lowest BCUT2D eigenvalue weighted by Gasteiger charge is -2.31. The fourth-order valence-electron chi connectivity index (χ4n) is 1.59. The van der Waals surface area contributed by atoms with Gasteiger partial charge >= 0.3 is 5.97 Å². The summed E-state index contributed by atoms with van der Waals surface area (Å²) in [7, 11) is 0. The number of benzene rings is 1. The van der Waals surface area contributed by atoms with Gasteiger partial charge in [-0.2, -0.15) is 0 Å². The average Bonchev–Trinajstić information content (AvgIpc) is 2.20. The molecule has 1 aromatic rings. The first-order valence-electron chi connectivity index (χ1n) is 5.73. The van der Waals surface area contributed by atoms with E-state index >= 15 is 0 Å². The predicted octanol–water partition coefficient (Wildman–Crippen LogP) is 3.22. The summed E-state index contributed by atoms with van der Waals surface area (Å²) in [6.07, 6.45) is 0.0233. The van der Waals surface area contributed by atoms with Crippen LogP contribution in [0.4, 0.5) is 11.4 Å². The third-order valence-corrected chi connectivity index (χ3v) is 3.00. The Morgan fingerprint density at radius 1 is 1.50 bits per heavy atom. The second-order valence-corrected chi connectivity index (χ2v) is 5.83. The van der Waals surface area contributed by atoms with E-state index in [2.05, 4.69) is 5.32 Å². The number of halogens is 1. The third-order valence-electron chi connectivity index (χ3n) is 2.77. The molecular formula is C13H19ClN2O2. The van der Waals surface area contributed by atoms with Crippen molar-refractivity contribution in [2.75, 3.05) is 11.1 Å². The molecule has 0 saturated heterocycles. The normalized spacial score (nSPS) is 13.1. The van der Waals surface area contributed by atoms with Crippen LogP contribution in [0, 0.1) is 5.41 Å². The number of aliphatic carboxylic acids is 1. The minimum Gasteiger partial charge on any atom is -0.481 e. The first-order valence-corrected chi connectivity index (χ1v) is 6.11. The van der Waals surface area contributed by atoms with Crippen molar-refractivity contribution < 1.29 is 9.90 Å². The van der Waals surface area contributed by atoms with E-state index in [9.17, 15) is 4.79 Å². The van der Waals surface area contributed by atoms with Crippen molar-refractivity contribution in [3.05, 3.63) is 23.2 Å². The largest absolute Gasteiger partial charge is 0.481 e. The van der Waals surface area contributed by atoms with E-state index in [1.165, 1.54) is 0 Å². The molecule has 0 saturated carbocycles. The molecule has 0 fully saturated rings. The van der Waals surface area contributed by atoms with Crippen LogP contribution in [0.15, 0.2) is 18.2 Å². The molecule has 100 valence electrons. The van der Waals surface area contributed by atoms with Crippen LogP contribution in [0.25, 0.3) is 0 Å². The molecule has 0 aliphatic rings. The number of anilines is 2. The van der Waals surface area contributed by atoms with Crippen LogP contribution >= 0.6 is 11.6 Å². The second-order valence-electron chi connectivity index (χ2n) is 5.39. The quantitative estimate of drug-likeness (QED) is 0.734. The van der Waals surface area contributed by atoms with E-state index in [1.54, 1.807) is 18.2 Å². The summed E-state index contributed by atoms with van der Waals surface area (Å²) in [6.45, 7) is 5.94. The van der Waals surface area contributed by atoms with Gasteiger partial charge in [0.25, 0.3) is 0 Å². The molecule has 5 heteroatoms. The fourth-order valence-corrected chi connectivity index (χ4v) is 1.76. The molecule has 4 nitrogen and oxygen atoms in total. The minimum absolute atomic E-state index is 0.0233. The highest BCUT2D eigenvalue weighted by Gasteiger charge is 2.27. The van der Waals surface area contributed by atoms with Gasteiger partial charge in [0.2, 0.25) is 0 Å². The molecule has 0 spiro atoms. The van der Waals surface area contributed by atoms with Crippen LogP contribution < -0.4 is 11.1 Å². The number of rotatable bonds is 4. The number of carboxylic acids is 1. The van der Waals surface area contributed by atoms with Gasteiger partial charge in [-0.05, 0) is 23.6 Å². The van der Waals surface area contributed by atoms with Crippen LogP contribution in [0.1, 0.15) is 27.2 Å². The van der Waals surface area contributed by atoms with Crippen LogP contribution in [0.5, 0.6) is 0 Å². The van der Waals surface area contributed by atoms with E-state index in [1.807, 2.05) is 20.8 Å². The summed E-state index contributed by atoms with van der Waals surface area (Å²) < 4.78 is 0. The SMILES string of the molecule is CC(C)(C)C(CC(=O)O)Nc1cc(Cl)ccc1N. The highest BCUT2D eigenvalue weighted by Crippen LogP contribution is 2.29. The fraction of sp³-hybridized carbons (Fsp3) is 0.462. The summed E-state index contributed by atoms with van der Waals surface area (Å²) in [4.78, 5) is 10.9. The second kappa shape index (κ2) is 5.48. The van der Waals surface area contributed by atoms with Gasteiger partial charge in [-0.1, -0.05) is 32.4 Å². The molecule has 0 aromatic heterocycles. The molecule has 4 N–H and O–H groups in total. The van der Waals surface area contributed by atoms with Gasteiger partial charge < -0.3 is 16.2 Å². The zero-order chi connectivity index (χ0) is 13.9. The zero-order valence-corrected chi connectivity index (χ0v) is 11.6. The van der Waals surface area contributed by atoms with E-state index in [0.29, 0.717) is 16.4 Å². The van der Waals surface area contributed by atoms with Crippen molar-refractivity contribution in [3.8, 4) is 0 Å². The number of hydrogen-bond donors (Lipinski definition) is 3. The predicted molar refractivity (Wildman–Crippen MR) is 75.0 cm³/mol. The summed E-state index contributed by atoms with van der Waals surface area (Å²) in [5, 5.41) is 12.7. The average molecular weight is 271 g/mol. The van der Waals surface area contributed by atoms with Gasteiger partial charge in [-0.25, -0.2) is 0 Å². The number of nitrogens with two attached hydrogens (primary N) is 1. The van der Waals surface area contributed by atoms with Crippen molar-refractivity contribution in [2.45, 2.75) is 33.2 Å². The summed E-state index contributed by atoms with van der Waals surface area (Å²) in [5.74, 6) is -0.844. The Morgan fingerprint density at radius 2 is 2.11 bits per heavy atom. The number of carboxylic acid groups (broad SMARTS) is 1. The van der Waals surface area contributed by atoms with Crippen molar-refractivity contribution >= 4 is 28.9 Å². The molecule has 0 heterocycles. The standard InChI is InChI=1S/C13H19ClN2O2/c1-13(2,3)11(7-12(17)18)16-10-6-8(14)4-5-9(10)15/h4-6,11,16H,7,15H2,1-3H3,(H,17,18). The van der Waals surface area contributed by atoms with Gasteiger partial charge in [0, 0.05) is 11.1 Å². The zero-order valence-electron chi connectivity index (χ0n) is 10.8. The van der Waals surface area contributed by atoms with Gasteiger partial charge in [-0.3, -0.25) is 4.79 Å². The molecule has 0 aliphatic carbocycles. The van der Waals surface area contributed by atoms with E-state index in [0.717, 1.165) is 0 Å². The molecule has 0 bridgehead atoms. The maximum absolute atomic E-state index is 10.9. The van der Waals surface area contributed by atoms with Crippen LogP contribution in [0.2, 0.25) is 5.02 Å². The monoisotopic (exact) mass is 270 g/mol. The maximum atomic E-state index is 10.9. The molecule has 1 aromatic carbocycles. The lowest BCUT2D eigenvalue weighted by atomic mass is 9.84. The Labute approximate surface area is 112 Å². The molecule has 1 rings (SSSR count). The molecule has 0 amide bonds. The number of carbonyl (C=O) groups is 1. The van der Waals surface area contributed by atoms with Crippen molar-refractivity contribution in [1.29, 1.82) is 0 Å². The molecule has 1 atom stereocenters. The number of nitrogens with one attached hydrogen (secondary N) is 1. The highest BCUT2D eigenvalue weighted by molar-refractivity contribution is 6.31. The van der Waals surface area contributed by atoms with Crippen molar-refractivity contribution in [3.63, 3.8) is 0 Å². The van der Waals surface area contributed by atoms with Crippen LogP contribution in [0.3, 0.4) is 0 Å². The number of hydrogen-bond acceptors (Lipinski definition) is 3. The van der Waals surface area contributed by atoms with Crippen LogP contribution in [-0.2, 0) is 4.79 Å². The Hall–Kier alpha value is -1.42. The summed E-state index contributed by atoms with van der Waals surface area (Å²) >= 11 is 5.91. The van der Waals surface area contributed by atoms with Crippen LogP contribution in [-0.4, -0.2) is 17.1 Å². The number of nitrogen functional groups attached to an aromatic ring is 1. The molecular weight excluding hydrogens is 252 g/mol. The molecule has 1 unspecified atom stereocenters. The summed E-state index contributed by atoms with van der Waals surface area (Å²) in [6, 6.07) is 4.88. The maximum Gasteiger partial charge on any atom is 0.305 e. The van der Waals surface area contributed by atoms with Crippen molar-refractivity contribution in [2.24, 2.45) is 5.41 Å². The Bertz CT molecular complexity index is 441. The molecule has 18 heavy (non-hydrogen) atoms. The molecule has 0 radical (unpaired) electrons. The lowest BCUT2D eigenvalue weighted by molar-refractivity contribution is -0.137. The highest BCUT2D eigenvalue weighted by atomic mass is 35.5. The minimum atomic E-state index is -0.844. The van der Waals surface area contributed by atoms with E-state index in [-0.39, 0.29) is 17.9 Å². The summed E-state index contributed by atoms with van der Waals surface area (Å²) in [5.41, 5.74) is 6.87. The Kier molecular flexibility index (Phi) is 4.46. The lowest BCUT2D eigenvalue weighted by Crippen LogP contribution is -2.36. The Morgan fingerprint density at radius 3 is 2.61 bits per heavy atom. The van der Waals surface area contributed by atoms with Gasteiger partial charge in [0.15, 0.2) is 0 Å². The smallest absolute Gasteiger partial charge is 0.305 e. The van der Waals surface area contributed by atoms with Crippen molar-refractivity contribution in [1.82, 2.24) is 0 Å². The first-order chi connectivity index (χ1) is 8.20. The first kappa shape index (κ1) is 14.6. The van der Waals surface area contributed by atoms with Gasteiger partial charge in [0.1, 0.15) is 0 Å². The van der Waals surface area contributed by atoms with Gasteiger partial charge in [-0.15, -0.1) is 0 Å². The topological polar surface area (TPSA) is 75.3 Å². The van der Waals surface area contributed by atoms with E-state index < -0.39 is 5.97 Å². The van der Waals surface area contributed by atoms with E-state index in [4.69, 9.17) is 22.4 Å². The Balaban J connectivity index is 2.96. The van der Waals surface area contributed by atoms with Gasteiger partial charge in [0.05, 0.1) is 17.8 Å². The molecule has 0 aliphatic heterocycles.